The Morgan fingerprint density at radius 3 is 1.65 bits per heavy atom. The number of carboxylic acid groups (broad SMARTS) is 2. The first-order chi connectivity index (χ1) is 10.1. The Bertz CT molecular complexity index is 398. The van der Waals surface area contributed by atoms with E-state index in [0.29, 0.717) is 18.9 Å². The molecule has 9 heteroatoms. The SMILES string of the molecule is C[Si](C)(C)O[Si](C)(CCCC(CC(=O)O)C(=O)O)O[Si](C)(C)C. The topological polar surface area (TPSA) is 93.1 Å². The molecule has 0 saturated carbocycles. The molecule has 0 saturated heterocycles. The third kappa shape index (κ3) is 11.7. The zero-order chi connectivity index (χ0) is 18.5. The van der Waals surface area contributed by atoms with Crippen molar-refractivity contribution < 1.29 is 28.0 Å². The van der Waals surface area contributed by atoms with Crippen molar-refractivity contribution in [3.63, 3.8) is 0 Å². The van der Waals surface area contributed by atoms with Gasteiger partial charge in [-0.3, -0.25) is 9.59 Å². The van der Waals surface area contributed by atoms with Gasteiger partial charge in [-0.15, -0.1) is 0 Å². The molecule has 0 aliphatic rings. The summed E-state index contributed by atoms with van der Waals surface area (Å²) in [6.45, 7) is 14.8. The van der Waals surface area contributed by atoms with Gasteiger partial charge in [0.05, 0.1) is 12.3 Å². The van der Waals surface area contributed by atoms with E-state index in [1.54, 1.807) is 0 Å². The van der Waals surface area contributed by atoms with Crippen LogP contribution in [0.2, 0.25) is 51.9 Å². The Morgan fingerprint density at radius 2 is 1.35 bits per heavy atom. The molecule has 0 aliphatic heterocycles. The quantitative estimate of drug-likeness (QED) is 0.531. The number of hydrogen-bond acceptors (Lipinski definition) is 4. The van der Waals surface area contributed by atoms with Gasteiger partial charge in [-0.2, -0.15) is 0 Å². The van der Waals surface area contributed by atoms with Crippen LogP contribution in [0.4, 0.5) is 0 Å². The number of hydrogen-bond donors (Lipinski definition) is 2. The Kier molecular flexibility index (Phi) is 8.38. The molecule has 0 spiro atoms. The van der Waals surface area contributed by atoms with E-state index < -0.39 is 43.1 Å². The highest BCUT2D eigenvalue weighted by molar-refractivity contribution is 6.87. The third-order valence-corrected chi connectivity index (χ3v) is 12.6. The fourth-order valence-electron chi connectivity index (χ4n) is 2.61. The lowest BCUT2D eigenvalue weighted by atomic mass is 10.0. The lowest BCUT2D eigenvalue weighted by molar-refractivity contribution is -0.148. The van der Waals surface area contributed by atoms with E-state index in [2.05, 4.69) is 45.8 Å². The van der Waals surface area contributed by atoms with Crippen molar-refractivity contribution in [3.8, 4) is 0 Å². The predicted octanol–water partition coefficient (Wildman–Crippen LogP) is 3.72. The van der Waals surface area contributed by atoms with Crippen molar-refractivity contribution in [1.29, 1.82) is 0 Å². The van der Waals surface area contributed by atoms with Crippen molar-refractivity contribution in [2.24, 2.45) is 5.92 Å². The largest absolute Gasteiger partial charge is 0.481 e. The maximum absolute atomic E-state index is 11.1. The van der Waals surface area contributed by atoms with E-state index in [1.807, 2.05) is 0 Å². The van der Waals surface area contributed by atoms with E-state index in [-0.39, 0.29) is 6.42 Å². The monoisotopic (exact) mass is 380 g/mol. The second-order valence-electron chi connectivity index (χ2n) is 8.09. The molecule has 23 heavy (non-hydrogen) atoms. The van der Waals surface area contributed by atoms with Crippen LogP contribution in [0.3, 0.4) is 0 Å². The van der Waals surface area contributed by atoms with Crippen LogP contribution < -0.4 is 0 Å². The minimum Gasteiger partial charge on any atom is -0.481 e. The number of rotatable bonds is 11. The maximum Gasteiger partial charge on any atom is 0.314 e. The van der Waals surface area contributed by atoms with E-state index in [4.69, 9.17) is 18.4 Å². The molecular formula is C14H32O6Si3. The van der Waals surface area contributed by atoms with Gasteiger partial charge in [0.2, 0.25) is 0 Å². The van der Waals surface area contributed by atoms with Gasteiger partial charge in [0, 0.05) is 0 Å². The molecule has 1 unspecified atom stereocenters. The summed E-state index contributed by atoms with van der Waals surface area (Å²) in [4.78, 5) is 21.9. The van der Waals surface area contributed by atoms with Gasteiger partial charge in [-0.05, 0) is 58.3 Å². The second-order valence-corrected chi connectivity index (χ2v) is 20.9. The van der Waals surface area contributed by atoms with Crippen molar-refractivity contribution in [2.45, 2.75) is 71.1 Å². The average Bonchev–Trinajstić information content (AvgIpc) is 2.20. The fraction of sp³-hybridized carbons (Fsp3) is 0.857. The summed E-state index contributed by atoms with van der Waals surface area (Å²) in [7, 11) is -5.92. The van der Waals surface area contributed by atoms with Crippen LogP contribution in [0.1, 0.15) is 19.3 Å². The molecule has 0 heterocycles. The Labute approximate surface area is 142 Å². The predicted molar refractivity (Wildman–Crippen MR) is 97.9 cm³/mol. The molecule has 0 bridgehead atoms. The molecular weight excluding hydrogens is 348 g/mol. The van der Waals surface area contributed by atoms with E-state index >= 15 is 0 Å². The van der Waals surface area contributed by atoms with Crippen LogP contribution in [0.15, 0.2) is 0 Å². The molecule has 136 valence electrons. The third-order valence-electron chi connectivity index (χ3n) is 3.00. The Balaban J connectivity index is 4.83. The molecule has 0 aliphatic carbocycles. The average molecular weight is 381 g/mol. The van der Waals surface area contributed by atoms with Gasteiger partial charge in [0.1, 0.15) is 0 Å². The molecule has 0 radical (unpaired) electrons. The Morgan fingerprint density at radius 1 is 0.913 bits per heavy atom. The first-order valence-electron chi connectivity index (χ1n) is 7.98. The summed E-state index contributed by atoms with van der Waals surface area (Å²) in [5.74, 6) is -2.97. The lowest BCUT2D eigenvalue weighted by Gasteiger charge is -2.38. The molecule has 6 nitrogen and oxygen atoms in total. The van der Waals surface area contributed by atoms with E-state index in [9.17, 15) is 9.59 Å². The highest BCUT2D eigenvalue weighted by Crippen LogP contribution is 2.27. The van der Waals surface area contributed by atoms with Crippen molar-refractivity contribution >= 4 is 37.1 Å². The van der Waals surface area contributed by atoms with Crippen molar-refractivity contribution in [1.82, 2.24) is 0 Å². The van der Waals surface area contributed by atoms with E-state index in [0.717, 1.165) is 0 Å². The molecule has 2 N–H and O–H groups in total. The van der Waals surface area contributed by atoms with Gasteiger partial charge in [-0.25, -0.2) is 0 Å². The first-order valence-corrected chi connectivity index (χ1v) is 17.3. The van der Waals surface area contributed by atoms with Crippen LogP contribution in [-0.2, 0) is 17.8 Å². The maximum atomic E-state index is 11.1. The minimum absolute atomic E-state index is 0.336. The smallest absolute Gasteiger partial charge is 0.314 e. The van der Waals surface area contributed by atoms with Crippen LogP contribution in [0.25, 0.3) is 0 Å². The fourth-order valence-corrected chi connectivity index (χ4v) is 15.2. The summed E-state index contributed by atoms with van der Waals surface area (Å²) < 4.78 is 12.7. The molecule has 0 fully saturated rings. The first kappa shape index (κ1) is 22.5. The molecule has 0 rings (SSSR count). The number of aliphatic carboxylic acids is 2. The molecule has 0 aromatic carbocycles. The van der Waals surface area contributed by atoms with Gasteiger partial charge in [0.25, 0.3) is 0 Å². The number of carbonyl (C=O) groups is 2. The summed E-state index contributed by atoms with van der Waals surface area (Å²) >= 11 is 0. The van der Waals surface area contributed by atoms with Gasteiger partial charge in [0.15, 0.2) is 16.6 Å². The zero-order valence-corrected chi connectivity index (χ0v) is 18.4. The van der Waals surface area contributed by atoms with E-state index in [1.165, 1.54) is 0 Å². The van der Waals surface area contributed by atoms with Crippen LogP contribution in [0.5, 0.6) is 0 Å². The lowest BCUT2D eigenvalue weighted by Crippen LogP contribution is -2.52. The molecule has 0 aromatic rings. The number of carboxylic acids is 2. The molecule has 0 amide bonds. The van der Waals surface area contributed by atoms with Gasteiger partial charge < -0.3 is 18.4 Å². The summed E-state index contributed by atoms with van der Waals surface area (Å²) in [5, 5.41) is 17.9. The van der Waals surface area contributed by atoms with Gasteiger partial charge >= 0.3 is 20.5 Å². The highest BCUT2D eigenvalue weighted by Gasteiger charge is 2.40. The second kappa shape index (κ2) is 8.56. The van der Waals surface area contributed by atoms with Crippen LogP contribution >= 0.6 is 0 Å². The standard InChI is InChI=1S/C14H32O6Si3/c1-21(2,3)19-23(7,20-22(4,5)6)10-8-9-12(14(17)18)11-13(15)16/h12H,8-11H2,1-7H3,(H,15,16)(H,17,18). The highest BCUT2D eigenvalue weighted by atomic mass is 28.5. The Hall–Kier alpha value is -0.489. The summed E-state index contributed by atoms with van der Waals surface area (Å²) in [6.07, 6.45) is 0.619. The normalized spacial score (nSPS) is 14.6. The summed E-state index contributed by atoms with van der Waals surface area (Å²) in [6, 6.07) is 0.699. The minimum atomic E-state index is -2.38. The molecule has 1 atom stereocenters. The van der Waals surface area contributed by atoms with Crippen LogP contribution in [-0.4, -0.2) is 47.3 Å². The van der Waals surface area contributed by atoms with Crippen molar-refractivity contribution in [3.05, 3.63) is 0 Å². The summed E-state index contributed by atoms with van der Waals surface area (Å²) in [5.41, 5.74) is 0. The van der Waals surface area contributed by atoms with Crippen LogP contribution in [0, 0.1) is 5.92 Å². The van der Waals surface area contributed by atoms with Gasteiger partial charge in [-0.1, -0.05) is 6.42 Å². The zero-order valence-electron chi connectivity index (χ0n) is 15.4. The molecule has 0 aromatic heterocycles. The van der Waals surface area contributed by atoms with Crippen molar-refractivity contribution in [2.75, 3.05) is 0 Å².